The molecule has 2 rings (SSSR count). The number of hydrogen-bond acceptors (Lipinski definition) is 3. The maximum Gasteiger partial charge on any atom is 0.318 e. The van der Waals surface area contributed by atoms with Crippen molar-refractivity contribution in [3.05, 3.63) is 60.2 Å². The first-order chi connectivity index (χ1) is 12.9. The van der Waals surface area contributed by atoms with E-state index in [-0.39, 0.29) is 23.8 Å². The Labute approximate surface area is 158 Å². The molecule has 0 spiro atoms. The van der Waals surface area contributed by atoms with Crippen LogP contribution in [0.2, 0.25) is 0 Å². The summed E-state index contributed by atoms with van der Waals surface area (Å²) in [6.07, 6.45) is 0. The Bertz CT molecular complexity index is 806. The zero-order chi connectivity index (χ0) is 19.8. The van der Waals surface area contributed by atoms with Gasteiger partial charge in [-0.3, -0.25) is 9.59 Å². The summed E-state index contributed by atoms with van der Waals surface area (Å²) in [5.74, 6) is -0.740. The molecule has 4 amide bonds. The van der Waals surface area contributed by atoms with E-state index in [0.29, 0.717) is 16.9 Å². The van der Waals surface area contributed by atoms with Crippen molar-refractivity contribution in [2.75, 3.05) is 17.7 Å². The predicted octanol–water partition coefficient (Wildman–Crippen LogP) is 2.83. The van der Waals surface area contributed by atoms with E-state index < -0.39 is 6.04 Å². The molecule has 0 fully saturated rings. The largest absolute Gasteiger partial charge is 0.341 e. The van der Waals surface area contributed by atoms with E-state index in [2.05, 4.69) is 21.3 Å². The van der Waals surface area contributed by atoms with E-state index in [0.717, 1.165) is 0 Å². The van der Waals surface area contributed by atoms with Crippen molar-refractivity contribution in [1.82, 2.24) is 10.6 Å². The lowest BCUT2D eigenvalue weighted by Crippen LogP contribution is -2.47. The Kier molecular flexibility index (Phi) is 6.93. The van der Waals surface area contributed by atoms with Crippen molar-refractivity contribution >= 4 is 29.2 Å². The molecule has 0 saturated heterocycles. The molecule has 2 aromatic rings. The molecule has 7 heteroatoms. The fraction of sp³-hybridized carbons (Fsp3) is 0.250. The zero-order valence-corrected chi connectivity index (χ0v) is 15.6. The molecule has 4 N–H and O–H groups in total. The molecule has 0 bridgehead atoms. The van der Waals surface area contributed by atoms with Crippen LogP contribution in [-0.4, -0.2) is 30.9 Å². The van der Waals surface area contributed by atoms with Gasteiger partial charge in [0, 0.05) is 24.0 Å². The number of benzene rings is 2. The molecule has 0 aromatic heterocycles. The van der Waals surface area contributed by atoms with Gasteiger partial charge in [0.15, 0.2) is 0 Å². The summed E-state index contributed by atoms with van der Waals surface area (Å²) < 4.78 is 0. The second-order valence-corrected chi connectivity index (χ2v) is 6.34. The van der Waals surface area contributed by atoms with Crippen LogP contribution in [0, 0.1) is 5.92 Å². The molecule has 0 radical (unpaired) electrons. The molecule has 0 aliphatic rings. The first kappa shape index (κ1) is 20.0. The van der Waals surface area contributed by atoms with E-state index >= 15 is 0 Å². The van der Waals surface area contributed by atoms with Gasteiger partial charge < -0.3 is 21.3 Å². The summed E-state index contributed by atoms with van der Waals surface area (Å²) in [5.41, 5.74) is 1.56. The number of nitrogens with one attached hydrogen (secondary N) is 4. The maximum absolute atomic E-state index is 12.7. The average molecular weight is 368 g/mol. The number of hydrogen-bond donors (Lipinski definition) is 4. The van der Waals surface area contributed by atoms with Gasteiger partial charge in [-0.25, -0.2) is 4.79 Å². The van der Waals surface area contributed by atoms with Gasteiger partial charge in [0.25, 0.3) is 5.91 Å². The smallest absolute Gasteiger partial charge is 0.318 e. The molecule has 27 heavy (non-hydrogen) atoms. The predicted molar refractivity (Wildman–Crippen MR) is 106 cm³/mol. The van der Waals surface area contributed by atoms with E-state index in [1.54, 1.807) is 48.5 Å². The monoisotopic (exact) mass is 368 g/mol. The third-order valence-electron chi connectivity index (χ3n) is 3.89. The Morgan fingerprint density at radius 2 is 1.48 bits per heavy atom. The van der Waals surface area contributed by atoms with Gasteiger partial charge in [0.1, 0.15) is 6.04 Å². The highest BCUT2D eigenvalue weighted by Gasteiger charge is 2.24. The first-order valence-corrected chi connectivity index (χ1v) is 8.66. The molecular formula is C20H24N4O3. The fourth-order valence-corrected chi connectivity index (χ4v) is 2.44. The molecule has 0 aliphatic heterocycles. The topological polar surface area (TPSA) is 99.3 Å². The van der Waals surface area contributed by atoms with Crippen LogP contribution >= 0.6 is 0 Å². The van der Waals surface area contributed by atoms with Crippen LogP contribution < -0.4 is 21.3 Å². The van der Waals surface area contributed by atoms with Crippen molar-refractivity contribution in [3.63, 3.8) is 0 Å². The highest BCUT2D eigenvalue weighted by Crippen LogP contribution is 2.16. The Morgan fingerprint density at radius 1 is 0.852 bits per heavy atom. The van der Waals surface area contributed by atoms with E-state index in [9.17, 15) is 14.4 Å². The number of rotatable bonds is 6. The Hall–Kier alpha value is -3.35. The third kappa shape index (κ3) is 5.85. The highest BCUT2D eigenvalue weighted by molar-refractivity contribution is 6.01. The number of urea groups is 1. The lowest BCUT2D eigenvalue weighted by atomic mass is 10.0. The summed E-state index contributed by atoms with van der Waals surface area (Å²) in [4.78, 5) is 36.5. The highest BCUT2D eigenvalue weighted by atomic mass is 16.2. The van der Waals surface area contributed by atoms with Gasteiger partial charge in [-0.1, -0.05) is 38.1 Å². The molecule has 1 unspecified atom stereocenters. The first-order valence-electron chi connectivity index (χ1n) is 8.66. The number of amides is 4. The van der Waals surface area contributed by atoms with Gasteiger partial charge in [0.05, 0.1) is 0 Å². The van der Waals surface area contributed by atoms with Crippen molar-refractivity contribution in [2.45, 2.75) is 19.9 Å². The van der Waals surface area contributed by atoms with E-state index in [4.69, 9.17) is 0 Å². The Balaban J connectivity index is 2.08. The van der Waals surface area contributed by atoms with Gasteiger partial charge in [0.2, 0.25) is 5.91 Å². The minimum absolute atomic E-state index is 0.107. The fourth-order valence-electron chi connectivity index (χ4n) is 2.44. The quantitative estimate of drug-likeness (QED) is 0.631. The molecule has 142 valence electrons. The number of anilines is 2. The van der Waals surface area contributed by atoms with Crippen LogP contribution in [0.3, 0.4) is 0 Å². The average Bonchev–Trinajstić information content (AvgIpc) is 2.66. The second kappa shape index (κ2) is 9.38. The summed E-state index contributed by atoms with van der Waals surface area (Å²) in [7, 11) is 1.52. The Morgan fingerprint density at radius 3 is 2.07 bits per heavy atom. The molecule has 0 saturated carbocycles. The van der Waals surface area contributed by atoms with E-state index in [1.807, 2.05) is 19.9 Å². The van der Waals surface area contributed by atoms with Crippen molar-refractivity contribution < 1.29 is 14.4 Å². The third-order valence-corrected chi connectivity index (χ3v) is 3.89. The van der Waals surface area contributed by atoms with Gasteiger partial charge in [-0.05, 0) is 36.2 Å². The zero-order valence-electron chi connectivity index (χ0n) is 15.6. The van der Waals surface area contributed by atoms with Crippen LogP contribution in [0.5, 0.6) is 0 Å². The van der Waals surface area contributed by atoms with Crippen molar-refractivity contribution in [2.24, 2.45) is 5.92 Å². The molecule has 1 atom stereocenters. The van der Waals surface area contributed by atoms with Crippen molar-refractivity contribution in [3.8, 4) is 0 Å². The summed E-state index contributed by atoms with van der Waals surface area (Å²) in [6, 6.07) is 14.5. The van der Waals surface area contributed by atoms with Crippen LogP contribution in [0.1, 0.15) is 24.2 Å². The van der Waals surface area contributed by atoms with Crippen molar-refractivity contribution in [1.29, 1.82) is 0 Å². The lowest BCUT2D eigenvalue weighted by Gasteiger charge is -2.22. The number of carbonyl (C=O) groups excluding carboxylic acids is 3. The standard InChI is InChI=1S/C20H24N4O3/c1-13(2)17(24-18(25)14-8-5-4-6-9-14)19(26)22-15-10-7-11-16(12-15)23-20(27)21-3/h4-13,17H,1-3H3,(H,22,26)(H,24,25)(H2,21,23,27). The normalized spacial score (nSPS) is 11.4. The molecule has 7 nitrogen and oxygen atoms in total. The molecule has 0 aliphatic carbocycles. The van der Waals surface area contributed by atoms with E-state index in [1.165, 1.54) is 7.05 Å². The summed E-state index contributed by atoms with van der Waals surface area (Å²) in [6.45, 7) is 3.72. The maximum atomic E-state index is 12.7. The molecular weight excluding hydrogens is 344 g/mol. The van der Waals surface area contributed by atoms with Gasteiger partial charge in [-0.2, -0.15) is 0 Å². The molecule has 2 aromatic carbocycles. The van der Waals surface area contributed by atoms with Crippen LogP contribution in [0.15, 0.2) is 54.6 Å². The van der Waals surface area contributed by atoms with Crippen LogP contribution in [-0.2, 0) is 4.79 Å². The minimum Gasteiger partial charge on any atom is -0.341 e. The summed E-state index contributed by atoms with van der Waals surface area (Å²) in [5, 5.41) is 10.7. The van der Waals surface area contributed by atoms with Crippen LogP contribution in [0.25, 0.3) is 0 Å². The SMILES string of the molecule is CNC(=O)Nc1cccc(NC(=O)C(NC(=O)c2ccccc2)C(C)C)c1. The minimum atomic E-state index is -0.701. The lowest BCUT2D eigenvalue weighted by molar-refractivity contribution is -0.118. The van der Waals surface area contributed by atoms with Crippen LogP contribution in [0.4, 0.5) is 16.2 Å². The number of carbonyl (C=O) groups is 3. The second-order valence-electron chi connectivity index (χ2n) is 6.34. The van der Waals surface area contributed by atoms with Gasteiger partial charge in [-0.15, -0.1) is 0 Å². The summed E-state index contributed by atoms with van der Waals surface area (Å²) >= 11 is 0. The molecule has 0 heterocycles. The van der Waals surface area contributed by atoms with Gasteiger partial charge >= 0.3 is 6.03 Å².